The average Bonchev–Trinajstić information content (AvgIpc) is 3.18. The largest absolute Gasteiger partial charge is 0.381 e. The molecule has 1 aromatic carbocycles. The van der Waals surface area contributed by atoms with Crippen molar-refractivity contribution in [1.29, 1.82) is 0 Å². The number of piperidine rings is 1. The van der Waals surface area contributed by atoms with E-state index in [1.165, 1.54) is 24.9 Å². The Morgan fingerprint density at radius 2 is 1.86 bits per heavy atom. The Kier molecular flexibility index (Phi) is 4.87. The van der Waals surface area contributed by atoms with Crippen LogP contribution in [-0.2, 0) is 4.74 Å². The van der Waals surface area contributed by atoms with Crippen LogP contribution in [0.5, 0.6) is 0 Å². The maximum atomic E-state index is 5.45. The summed E-state index contributed by atoms with van der Waals surface area (Å²) in [7, 11) is 0. The molecule has 2 saturated heterocycles. The summed E-state index contributed by atoms with van der Waals surface area (Å²) in [6.07, 6.45) is 7.88. The van der Waals surface area contributed by atoms with Crippen LogP contribution >= 0.6 is 0 Å². The van der Waals surface area contributed by atoms with E-state index in [1.807, 2.05) is 22.8 Å². The maximum absolute atomic E-state index is 5.45. The van der Waals surface area contributed by atoms with Crippen molar-refractivity contribution in [3.8, 4) is 11.3 Å². The Morgan fingerprint density at radius 3 is 2.71 bits per heavy atom. The molecule has 0 bridgehead atoms. The quantitative estimate of drug-likeness (QED) is 0.745. The normalized spacial score (nSPS) is 18.5. The highest BCUT2D eigenvalue weighted by molar-refractivity contribution is 5.68. The van der Waals surface area contributed by atoms with E-state index in [1.54, 1.807) is 0 Å². The van der Waals surface area contributed by atoms with Crippen molar-refractivity contribution in [3.05, 3.63) is 42.6 Å². The van der Waals surface area contributed by atoms with Crippen LogP contribution in [0.2, 0.25) is 0 Å². The summed E-state index contributed by atoms with van der Waals surface area (Å²) in [5.74, 6) is 0.894. The zero-order valence-electron chi connectivity index (χ0n) is 16.2. The van der Waals surface area contributed by atoms with Gasteiger partial charge >= 0.3 is 0 Å². The van der Waals surface area contributed by atoms with E-state index in [4.69, 9.17) is 9.84 Å². The fourth-order valence-electron chi connectivity index (χ4n) is 4.21. The summed E-state index contributed by atoms with van der Waals surface area (Å²) >= 11 is 0. The molecule has 3 aromatic rings. The predicted molar refractivity (Wildman–Crippen MR) is 112 cm³/mol. The Morgan fingerprint density at radius 1 is 1.00 bits per heavy atom. The molecule has 2 aromatic heterocycles. The van der Waals surface area contributed by atoms with Gasteiger partial charge in [-0.25, -0.2) is 9.50 Å². The lowest BCUT2D eigenvalue weighted by atomic mass is 10.1. The minimum Gasteiger partial charge on any atom is -0.381 e. The molecule has 2 aliphatic rings. The van der Waals surface area contributed by atoms with Crippen LogP contribution in [0.25, 0.3) is 16.9 Å². The maximum Gasteiger partial charge on any atom is 0.154 e. The molecule has 2 aliphatic heterocycles. The number of benzene rings is 1. The number of imidazole rings is 1. The molecule has 6 heteroatoms. The number of anilines is 2. The van der Waals surface area contributed by atoms with Gasteiger partial charge in [-0.2, -0.15) is 0 Å². The van der Waals surface area contributed by atoms with Gasteiger partial charge in [0.2, 0.25) is 0 Å². The molecular weight excluding hydrogens is 350 g/mol. The zero-order chi connectivity index (χ0) is 18.8. The summed E-state index contributed by atoms with van der Waals surface area (Å²) in [4.78, 5) is 7.05. The number of ether oxygens (including phenoxy) is 1. The van der Waals surface area contributed by atoms with Crippen molar-refractivity contribution in [2.24, 2.45) is 0 Å². The van der Waals surface area contributed by atoms with E-state index in [0.717, 1.165) is 61.9 Å². The minimum absolute atomic E-state index is 0.424. The first-order valence-corrected chi connectivity index (χ1v) is 10.4. The molecule has 0 saturated carbocycles. The summed E-state index contributed by atoms with van der Waals surface area (Å²) in [5, 5.41) is 8.39. The van der Waals surface area contributed by atoms with E-state index in [9.17, 15) is 0 Å². The second kappa shape index (κ2) is 7.80. The van der Waals surface area contributed by atoms with Gasteiger partial charge in [0.15, 0.2) is 5.65 Å². The molecule has 0 spiro atoms. The van der Waals surface area contributed by atoms with Crippen LogP contribution in [-0.4, -0.2) is 46.9 Å². The lowest BCUT2D eigenvalue weighted by Gasteiger charge is -2.29. The van der Waals surface area contributed by atoms with Crippen molar-refractivity contribution in [2.45, 2.75) is 38.1 Å². The Balaban J connectivity index is 1.44. The zero-order valence-corrected chi connectivity index (χ0v) is 16.2. The number of nitrogens with one attached hydrogen (secondary N) is 1. The fraction of sp³-hybridized carbons (Fsp3) is 0.455. The van der Waals surface area contributed by atoms with Crippen molar-refractivity contribution in [2.75, 3.05) is 36.5 Å². The van der Waals surface area contributed by atoms with Gasteiger partial charge < -0.3 is 15.0 Å². The molecule has 0 atom stereocenters. The molecule has 0 radical (unpaired) electrons. The highest BCUT2D eigenvalue weighted by Gasteiger charge is 2.16. The molecular formula is C22H27N5O. The summed E-state index contributed by atoms with van der Waals surface area (Å²) in [5.41, 5.74) is 4.36. The second-order valence-corrected chi connectivity index (χ2v) is 7.76. The number of nitrogens with zero attached hydrogens (tertiary/aromatic N) is 4. The average molecular weight is 377 g/mol. The highest BCUT2D eigenvalue weighted by Crippen LogP contribution is 2.27. The van der Waals surface area contributed by atoms with Gasteiger partial charge in [0.1, 0.15) is 5.82 Å². The van der Waals surface area contributed by atoms with Gasteiger partial charge in [0.05, 0.1) is 11.9 Å². The van der Waals surface area contributed by atoms with E-state index in [2.05, 4.69) is 39.5 Å². The van der Waals surface area contributed by atoms with Gasteiger partial charge in [0, 0.05) is 43.6 Å². The molecule has 4 heterocycles. The number of hydrogen-bond donors (Lipinski definition) is 1. The van der Waals surface area contributed by atoms with E-state index < -0.39 is 0 Å². The Bertz CT molecular complexity index is 941. The molecule has 6 nitrogen and oxygen atoms in total. The number of aromatic nitrogens is 3. The lowest BCUT2D eigenvalue weighted by Crippen LogP contribution is -2.29. The van der Waals surface area contributed by atoms with E-state index in [0.29, 0.717) is 6.04 Å². The van der Waals surface area contributed by atoms with Gasteiger partial charge in [-0.15, -0.1) is 5.10 Å². The van der Waals surface area contributed by atoms with E-state index in [-0.39, 0.29) is 0 Å². The minimum atomic E-state index is 0.424. The number of fused-ring (bicyclic) bond motifs is 1. The van der Waals surface area contributed by atoms with Gasteiger partial charge in [-0.05, 0) is 56.4 Å². The van der Waals surface area contributed by atoms with Crippen LogP contribution in [0.15, 0.2) is 42.6 Å². The van der Waals surface area contributed by atoms with Gasteiger partial charge in [-0.3, -0.25) is 0 Å². The SMILES string of the molecule is c1cc(-c2cnc3ccc(NC4CCOCC4)nn23)cc(N2CCCCC2)c1. The van der Waals surface area contributed by atoms with Crippen LogP contribution in [0.1, 0.15) is 32.1 Å². The lowest BCUT2D eigenvalue weighted by molar-refractivity contribution is 0.0903. The molecule has 1 N–H and O–H groups in total. The predicted octanol–water partition coefficient (Wildman–Crippen LogP) is 3.98. The summed E-state index contributed by atoms with van der Waals surface area (Å²) in [6.45, 7) is 3.93. The Hall–Kier alpha value is -2.60. The monoisotopic (exact) mass is 377 g/mol. The first-order chi connectivity index (χ1) is 13.9. The second-order valence-electron chi connectivity index (χ2n) is 7.76. The first-order valence-electron chi connectivity index (χ1n) is 10.4. The molecule has 28 heavy (non-hydrogen) atoms. The third-order valence-electron chi connectivity index (χ3n) is 5.80. The molecule has 2 fully saturated rings. The van der Waals surface area contributed by atoms with Gasteiger partial charge in [0.25, 0.3) is 0 Å². The molecule has 0 unspecified atom stereocenters. The van der Waals surface area contributed by atoms with Crippen molar-refractivity contribution < 1.29 is 4.74 Å². The summed E-state index contributed by atoms with van der Waals surface area (Å²) < 4.78 is 7.41. The fourth-order valence-corrected chi connectivity index (χ4v) is 4.21. The molecule has 5 rings (SSSR count). The summed E-state index contributed by atoms with van der Waals surface area (Å²) in [6, 6.07) is 13.3. The standard InChI is InChI=1S/C22H27N5O/c1-2-11-26(12-3-1)19-6-4-5-17(15-19)20-16-23-22-8-7-21(25-27(20)22)24-18-9-13-28-14-10-18/h4-8,15-16,18H,1-3,9-14H2,(H,24,25). The smallest absolute Gasteiger partial charge is 0.154 e. The van der Waals surface area contributed by atoms with Crippen LogP contribution in [0.3, 0.4) is 0 Å². The third-order valence-corrected chi connectivity index (χ3v) is 5.80. The Labute approximate surface area is 165 Å². The van der Waals surface area contributed by atoms with E-state index >= 15 is 0 Å². The highest BCUT2D eigenvalue weighted by atomic mass is 16.5. The first kappa shape index (κ1) is 17.5. The van der Waals surface area contributed by atoms with Crippen LogP contribution in [0.4, 0.5) is 11.5 Å². The molecule has 0 aliphatic carbocycles. The topological polar surface area (TPSA) is 54.7 Å². The van der Waals surface area contributed by atoms with Gasteiger partial charge in [-0.1, -0.05) is 12.1 Å². The number of hydrogen-bond acceptors (Lipinski definition) is 5. The molecule has 146 valence electrons. The molecule has 0 amide bonds. The van der Waals surface area contributed by atoms with Crippen molar-refractivity contribution in [1.82, 2.24) is 14.6 Å². The van der Waals surface area contributed by atoms with Crippen LogP contribution < -0.4 is 10.2 Å². The van der Waals surface area contributed by atoms with Crippen molar-refractivity contribution in [3.63, 3.8) is 0 Å². The van der Waals surface area contributed by atoms with Crippen LogP contribution in [0, 0.1) is 0 Å². The third kappa shape index (κ3) is 3.56. The van der Waals surface area contributed by atoms with Crippen molar-refractivity contribution >= 4 is 17.2 Å². The number of rotatable bonds is 4.